The van der Waals surface area contributed by atoms with Crippen molar-refractivity contribution >= 4 is 34.3 Å². The second-order valence-corrected chi connectivity index (χ2v) is 25.1. The van der Waals surface area contributed by atoms with Crippen LogP contribution in [0.3, 0.4) is 0 Å². The first-order chi connectivity index (χ1) is 19.2. The molecule has 7 nitrogen and oxygen atoms in total. The first kappa shape index (κ1) is 38.7. The predicted octanol–water partition coefficient (Wildman–Crippen LogP) is 7.96. The molecule has 1 aliphatic rings. The minimum atomic E-state index is -2.43. The Balaban J connectivity index is 3.09. The number of ether oxygens (including phenoxy) is 1. The highest BCUT2D eigenvalue weighted by Crippen LogP contribution is 2.43. The van der Waals surface area contributed by atoms with Crippen LogP contribution in [-0.4, -0.2) is 59.2 Å². The molecule has 1 N–H and O–H groups in total. The summed E-state index contributed by atoms with van der Waals surface area (Å²) in [6.45, 7) is 29.9. The maximum absolute atomic E-state index is 13.8. The molecule has 1 heterocycles. The Hall–Kier alpha value is -1.30. The monoisotopic (exact) mass is 625 g/mol. The quantitative estimate of drug-likeness (QED) is 0.147. The molecule has 0 unspecified atom stereocenters. The average molecular weight is 626 g/mol. The van der Waals surface area contributed by atoms with Gasteiger partial charge in [0, 0.05) is 13.0 Å². The van der Waals surface area contributed by atoms with E-state index in [1.165, 1.54) is 0 Å². The van der Waals surface area contributed by atoms with Crippen LogP contribution in [0, 0.1) is 11.8 Å². The minimum Gasteiger partial charge on any atom is -0.518 e. The van der Waals surface area contributed by atoms with Gasteiger partial charge in [-0.1, -0.05) is 75.3 Å². The molecule has 0 radical (unpaired) electrons. The largest absolute Gasteiger partial charge is 0.518 e. The topological polar surface area (TPSA) is 90.9 Å². The van der Waals surface area contributed by atoms with E-state index in [0.717, 1.165) is 12.8 Å². The molecule has 1 amide bonds. The van der Waals surface area contributed by atoms with Crippen molar-refractivity contribution in [3.63, 3.8) is 0 Å². The molecule has 0 aromatic rings. The molecule has 1 rings (SSSR count). The fourth-order valence-electron chi connectivity index (χ4n) is 6.08. The van der Waals surface area contributed by atoms with Crippen molar-refractivity contribution in [1.82, 2.24) is 5.32 Å². The first-order valence-electron chi connectivity index (χ1n) is 16.2. The van der Waals surface area contributed by atoms with Crippen molar-refractivity contribution in [3.05, 3.63) is 12.2 Å². The number of carbonyl (C=O) groups excluding carboxylic acids is 3. The van der Waals surface area contributed by atoms with E-state index in [4.69, 9.17) is 13.6 Å². The van der Waals surface area contributed by atoms with Crippen LogP contribution in [0.4, 0.5) is 0 Å². The van der Waals surface area contributed by atoms with Gasteiger partial charge >= 0.3 is 0 Å². The van der Waals surface area contributed by atoms with Crippen LogP contribution in [0.5, 0.6) is 0 Å². The smallest absolute Gasteiger partial charge is 0.298 e. The summed E-state index contributed by atoms with van der Waals surface area (Å²) in [4.78, 5) is 39.1. The van der Waals surface area contributed by atoms with Crippen molar-refractivity contribution < 1.29 is 28.0 Å². The van der Waals surface area contributed by atoms with E-state index in [1.54, 1.807) is 12.2 Å². The molecule has 9 heteroatoms. The third-order valence-corrected chi connectivity index (χ3v) is 20.3. The Morgan fingerprint density at radius 2 is 1.50 bits per heavy atom. The van der Waals surface area contributed by atoms with Gasteiger partial charge in [-0.15, -0.1) is 0 Å². The summed E-state index contributed by atoms with van der Waals surface area (Å²) in [7, 11) is -4.69. The van der Waals surface area contributed by atoms with Gasteiger partial charge in [-0.25, -0.2) is 0 Å². The highest BCUT2D eigenvalue weighted by atomic mass is 28.4. The van der Waals surface area contributed by atoms with E-state index < -0.39 is 28.7 Å². The summed E-state index contributed by atoms with van der Waals surface area (Å²) in [5, 5.41) is 3.01. The molecule has 1 fully saturated rings. The summed E-state index contributed by atoms with van der Waals surface area (Å²) >= 11 is 0. The fraction of sp³-hybridized carbons (Fsp3) is 0.848. The number of rotatable bonds is 15. The van der Waals surface area contributed by atoms with Crippen LogP contribution >= 0.6 is 0 Å². The lowest BCUT2D eigenvalue weighted by Gasteiger charge is -2.44. The standard InChI is InChI=1S/C33H63NO6Si2/c1-15-16-27(35)19-28-18-17-25(8)29(38-28)20-31(36)34-21-30(39-41(13,14)33(10,11)12)26(9)32(37)40-42(22(2)3,23(4)5)24(6)7/h15-16,22-26,28-30H,17-21H2,1-14H3,(H,34,36)/b16-15+/t25-,26-,28+,29+,30+/m1/s1. The van der Waals surface area contributed by atoms with Crippen LogP contribution in [0.2, 0.25) is 34.8 Å². The maximum Gasteiger partial charge on any atom is 0.298 e. The zero-order valence-electron chi connectivity index (χ0n) is 29.3. The molecule has 0 aliphatic carbocycles. The summed E-state index contributed by atoms with van der Waals surface area (Å²) in [6, 6.07) is 0. The second-order valence-electron chi connectivity index (χ2n) is 15.0. The number of carbonyl (C=O) groups is 3. The maximum atomic E-state index is 13.8. The van der Waals surface area contributed by atoms with Gasteiger partial charge in [0.15, 0.2) is 14.1 Å². The van der Waals surface area contributed by atoms with E-state index in [2.05, 4.69) is 87.6 Å². The molecule has 1 saturated heterocycles. The molecule has 0 aromatic heterocycles. The summed E-state index contributed by atoms with van der Waals surface area (Å²) in [6.07, 6.45) is 4.69. The summed E-state index contributed by atoms with van der Waals surface area (Å²) in [5.41, 5.74) is 0.841. The molecule has 5 atom stereocenters. The third-order valence-electron chi connectivity index (χ3n) is 9.78. The number of hydrogen-bond acceptors (Lipinski definition) is 6. The number of nitrogens with one attached hydrogen (secondary N) is 1. The van der Waals surface area contributed by atoms with Crippen LogP contribution in [0.15, 0.2) is 12.2 Å². The van der Waals surface area contributed by atoms with E-state index in [9.17, 15) is 14.4 Å². The van der Waals surface area contributed by atoms with E-state index >= 15 is 0 Å². The second kappa shape index (κ2) is 16.1. The zero-order chi connectivity index (χ0) is 32.6. The summed E-state index contributed by atoms with van der Waals surface area (Å²) in [5.74, 6) is -0.626. The Kier molecular flexibility index (Phi) is 14.9. The predicted molar refractivity (Wildman–Crippen MR) is 177 cm³/mol. The van der Waals surface area contributed by atoms with Gasteiger partial charge in [0.25, 0.3) is 14.3 Å². The van der Waals surface area contributed by atoms with Gasteiger partial charge < -0.3 is 18.9 Å². The lowest BCUT2D eigenvalue weighted by atomic mass is 9.90. The van der Waals surface area contributed by atoms with Crippen molar-refractivity contribution in [2.24, 2.45) is 11.8 Å². The molecule has 244 valence electrons. The zero-order valence-corrected chi connectivity index (χ0v) is 31.3. The highest BCUT2D eigenvalue weighted by Gasteiger charge is 2.50. The van der Waals surface area contributed by atoms with Crippen LogP contribution in [0.1, 0.15) is 109 Å². The first-order valence-corrected chi connectivity index (χ1v) is 21.2. The summed E-state index contributed by atoms with van der Waals surface area (Å²) < 4.78 is 19.5. The minimum absolute atomic E-state index is 0.0474. The lowest BCUT2D eigenvalue weighted by molar-refractivity contribution is -0.144. The fourth-order valence-corrected chi connectivity index (χ4v) is 12.7. The molecule has 0 saturated carbocycles. The van der Waals surface area contributed by atoms with Crippen LogP contribution in [-0.2, 0) is 28.0 Å². The van der Waals surface area contributed by atoms with Gasteiger partial charge in [0.1, 0.15) is 0 Å². The lowest BCUT2D eigenvalue weighted by Crippen LogP contribution is -2.54. The van der Waals surface area contributed by atoms with Crippen molar-refractivity contribution in [3.8, 4) is 0 Å². The van der Waals surface area contributed by atoms with E-state index in [1.807, 2.05) is 13.8 Å². The molecule has 0 bridgehead atoms. The van der Waals surface area contributed by atoms with E-state index in [0.29, 0.717) is 6.42 Å². The normalized spacial score (nSPS) is 22.1. The van der Waals surface area contributed by atoms with Gasteiger partial charge in [-0.3, -0.25) is 14.4 Å². The van der Waals surface area contributed by atoms with Gasteiger partial charge in [-0.2, -0.15) is 0 Å². The molecule has 1 aliphatic heterocycles. The van der Waals surface area contributed by atoms with Gasteiger partial charge in [0.05, 0.1) is 30.7 Å². The van der Waals surface area contributed by atoms with Crippen molar-refractivity contribution in [2.75, 3.05) is 6.54 Å². The molecule has 0 aromatic carbocycles. The molecular weight excluding hydrogens is 563 g/mol. The number of hydrogen-bond donors (Lipinski definition) is 1. The Morgan fingerprint density at radius 1 is 0.952 bits per heavy atom. The van der Waals surface area contributed by atoms with Crippen LogP contribution < -0.4 is 5.32 Å². The van der Waals surface area contributed by atoms with Crippen molar-refractivity contribution in [2.45, 2.75) is 162 Å². The number of amides is 1. The Labute approximate surface area is 259 Å². The SMILES string of the molecule is C/C=C/C(=O)C[C@@H]1CC[C@@H](C)[C@H](CC(=O)NC[C@H](O[Si](C)(C)C(C)(C)C)[C@@H](C)C(=O)O[Si](C(C)C)(C(C)C)C(C)C)O1. The van der Waals surface area contributed by atoms with Gasteiger partial charge in [0.2, 0.25) is 5.91 Å². The Bertz CT molecular complexity index is 902. The Morgan fingerprint density at radius 3 is 1.98 bits per heavy atom. The molecular formula is C33H63NO6Si2. The van der Waals surface area contributed by atoms with Crippen molar-refractivity contribution in [1.29, 1.82) is 0 Å². The number of ketones is 1. The molecule has 42 heavy (non-hydrogen) atoms. The van der Waals surface area contributed by atoms with E-state index in [-0.39, 0.29) is 70.4 Å². The van der Waals surface area contributed by atoms with Crippen LogP contribution in [0.25, 0.3) is 0 Å². The number of allylic oxidation sites excluding steroid dienone is 2. The van der Waals surface area contributed by atoms with Gasteiger partial charge in [-0.05, 0) is 73.4 Å². The highest BCUT2D eigenvalue weighted by molar-refractivity contribution is 6.79. The third kappa shape index (κ3) is 10.4. The molecule has 0 spiro atoms. The average Bonchev–Trinajstić information content (AvgIpc) is 2.85.